The molecular weight excluding hydrogens is 191 g/mol. The first-order valence-electron chi connectivity index (χ1n) is 5.59. The van der Waals surface area contributed by atoms with Crippen LogP contribution in [0.25, 0.3) is 0 Å². The van der Waals surface area contributed by atoms with Gasteiger partial charge in [0.2, 0.25) is 0 Å². The third-order valence-electron chi connectivity index (χ3n) is 2.94. The van der Waals surface area contributed by atoms with E-state index in [2.05, 4.69) is 0 Å². The zero-order valence-electron chi connectivity index (χ0n) is 9.29. The van der Waals surface area contributed by atoms with Gasteiger partial charge in [0.1, 0.15) is 5.82 Å². The summed E-state index contributed by atoms with van der Waals surface area (Å²) in [4.78, 5) is 0. The summed E-state index contributed by atoms with van der Waals surface area (Å²) in [6.07, 6.45) is 2.35. The lowest BCUT2D eigenvalue weighted by Crippen LogP contribution is -2.00. The van der Waals surface area contributed by atoms with Gasteiger partial charge in [0.15, 0.2) is 0 Å². The fourth-order valence-electron chi connectivity index (χ4n) is 2.05. The Morgan fingerprint density at radius 3 is 2.80 bits per heavy atom. The van der Waals surface area contributed by atoms with Crippen molar-refractivity contribution in [1.29, 1.82) is 0 Å². The summed E-state index contributed by atoms with van der Waals surface area (Å²) in [5.74, 6) is 0.123. The average molecular weight is 208 g/mol. The van der Waals surface area contributed by atoms with Gasteiger partial charge in [-0.15, -0.1) is 0 Å². The largest absolute Gasteiger partial charge is 0.374 e. The molecule has 1 aliphatic heterocycles. The van der Waals surface area contributed by atoms with Gasteiger partial charge < -0.3 is 4.74 Å². The normalized spacial score (nSPS) is 21.2. The lowest BCUT2D eigenvalue weighted by Gasteiger charge is -2.13. The SMILES string of the molecule is CC(C)c1cc(C2CCCO2)ccc1F. The first-order chi connectivity index (χ1) is 7.18. The van der Waals surface area contributed by atoms with Crippen LogP contribution in [0.2, 0.25) is 0 Å². The summed E-state index contributed by atoms with van der Waals surface area (Å²) in [6.45, 7) is 4.86. The van der Waals surface area contributed by atoms with E-state index in [1.807, 2.05) is 26.0 Å². The summed E-state index contributed by atoms with van der Waals surface area (Å²) in [5, 5.41) is 0. The van der Waals surface area contributed by atoms with Crippen molar-refractivity contribution in [2.24, 2.45) is 0 Å². The molecule has 1 saturated heterocycles. The molecule has 1 heterocycles. The molecule has 1 atom stereocenters. The number of hydrogen-bond donors (Lipinski definition) is 0. The van der Waals surface area contributed by atoms with Crippen molar-refractivity contribution < 1.29 is 9.13 Å². The fraction of sp³-hybridized carbons (Fsp3) is 0.538. The Morgan fingerprint density at radius 2 is 2.20 bits per heavy atom. The van der Waals surface area contributed by atoms with E-state index in [0.717, 1.165) is 30.6 Å². The zero-order chi connectivity index (χ0) is 10.8. The van der Waals surface area contributed by atoms with E-state index in [1.54, 1.807) is 6.07 Å². The molecule has 1 aromatic rings. The topological polar surface area (TPSA) is 9.23 Å². The van der Waals surface area contributed by atoms with Crippen molar-refractivity contribution in [3.8, 4) is 0 Å². The van der Waals surface area contributed by atoms with Gasteiger partial charge in [-0.05, 0) is 36.0 Å². The minimum absolute atomic E-state index is 0.105. The molecule has 0 spiro atoms. The van der Waals surface area contributed by atoms with Gasteiger partial charge >= 0.3 is 0 Å². The van der Waals surface area contributed by atoms with Crippen molar-refractivity contribution >= 4 is 0 Å². The molecule has 1 aliphatic rings. The van der Waals surface area contributed by atoms with Crippen LogP contribution in [0.1, 0.15) is 49.8 Å². The minimum atomic E-state index is -0.105. The number of ether oxygens (including phenoxy) is 1. The van der Waals surface area contributed by atoms with E-state index < -0.39 is 0 Å². The highest BCUT2D eigenvalue weighted by Gasteiger charge is 2.19. The Balaban J connectivity index is 2.29. The monoisotopic (exact) mass is 208 g/mol. The van der Waals surface area contributed by atoms with Crippen LogP contribution in [0, 0.1) is 5.82 Å². The van der Waals surface area contributed by atoms with Crippen molar-refractivity contribution in [3.63, 3.8) is 0 Å². The molecule has 1 fully saturated rings. The van der Waals surface area contributed by atoms with E-state index in [4.69, 9.17) is 4.74 Å². The summed E-state index contributed by atoms with van der Waals surface area (Å²) >= 11 is 0. The lowest BCUT2D eigenvalue weighted by molar-refractivity contribution is 0.112. The summed E-state index contributed by atoms with van der Waals surface area (Å²) < 4.78 is 19.1. The van der Waals surface area contributed by atoms with Crippen molar-refractivity contribution in [1.82, 2.24) is 0 Å². The standard InChI is InChI=1S/C13H17FO/c1-9(2)11-8-10(5-6-12(11)14)13-4-3-7-15-13/h5-6,8-9,13H,3-4,7H2,1-2H3. The van der Waals surface area contributed by atoms with Crippen LogP contribution in [0.15, 0.2) is 18.2 Å². The first kappa shape index (κ1) is 10.6. The van der Waals surface area contributed by atoms with Crippen molar-refractivity contribution in [3.05, 3.63) is 35.1 Å². The van der Waals surface area contributed by atoms with Crippen molar-refractivity contribution in [2.45, 2.75) is 38.7 Å². The molecule has 2 rings (SSSR count). The van der Waals surface area contributed by atoms with Gasteiger partial charge in [-0.3, -0.25) is 0 Å². The third kappa shape index (κ3) is 2.20. The molecule has 1 nitrogen and oxygen atoms in total. The quantitative estimate of drug-likeness (QED) is 0.718. The third-order valence-corrected chi connectivity index (χ3v) is 2.94. The van der Waals surface area contributed by atoms with Gasteiger partial charge in [0.25, 0.3) is 0 Å². The van der Waals surface area contributed by atoms with Crippen LogP contribution in [0.5, 0.6) is 0 Å². The summed E-state index contributed by atoms with van der Waals surface area (Å²) in [7, 11) is 0. The van der Waals surface area contributed by atoms with Gasteiger partial charge in [0, 0.05) is 6.61 Å². The molecule has 2 heteroatoms. The molecule has 1 aromatic carbocycles. The highest BCUT2D eigenvalue weighted by Crippen LogP contribution is 2.31. The highest BCUT2D eigenvalue weighted by atomic mass is 19.1. The molecule has 15 heavy (non-hydrogen) atoms. The van der Waals surface area contributed by atoms with Crippen LogP contribution in [-0.2, 0) is 4.74 Å². The van der Waals surface area contributed by atoms with Crippen LogP contribution in [0.4, 0.5) is 4.39 Å². The maximum absolute atomic E-state index is 13.5. The second kappa shape index (κ2) is 4.31. The summed E-state index contributed by atoms with van der Waals surface area (Å²) in [6, 6.07) is 5.36. The van der Waals surface area contributed by atoms with E-state index in [0.29, 0.717) is 0 Å². The second-order valence-electron chi connectivity index (χ2n) is 4.44. The highest BCUT2D eigenvalue weighted by molar-refractivity contribution is 5.29. The smallest absolute Gasteiger partial charge is 0.126 e. The van der Waals surface area contributed by atoms with Crippen LogP contribution < -0.4 is 0 Å². The molecule has 82 valence electrons. The molecular formula is C13H17FO. The van der Waals surface area contributed by atoms with Gasteiger partial charge in [-0.25, -0.2) is 4.39 Å². The van der Waals surface area contributed by atoms with E-state index in [1.165, 1.54) is 0 Å². The molecule has 0 bridgehead atoms. The van der Waals surface area contributed by atoms with Gasteiger partial charge in [0.05, 0.1) is 6.10 Å². The molecule has 0 amide bonds. The maximum atomic E-state index is 13.5. The predicted octanol–water partition coefficient (Wildman–Crippen LogP) is 3.80. The Bertz CT molecular complexity index is 340. The molecule has 0 saturated carbocycles. The predicted molar refractivity (Wildman–Crippen MR) is 58.4 cm³/mol. The zero-order valence-corrected chi connectivity index (χ0v) is 9.29. The van der Waals surface area contributed by atoms with Crippen LogP contribution >= 0.6 is 0 Å². The number of rotatable bonds is 2. The lowest BCUT2D eigenvalue weighted by atomic mass is 9.97. The Morgan fingerprint density at radius 1 is 1.40 bits per heavy atom. The van der Waals surface area contributed by atoms with E-state index >= 15 is 0 Å². The van der Waals surface area contributed by atoms with Crippen LogP contribution in [-0.4, -0.2) is 6.61 Å². The second-order valence-corrected chi connectivity index (χ2v) is 4.44. The van der Waals surface area contributed by atoms with E-state index in [9.17, 15) is 4.39 Å². The number of hydrogen-bond acceptors (Lipinski definition) is 1. The summed E-state index contributed by atoms with van der Waals surface area (Å²) in [5.41, 5.74) is 1.92. The fourth-order valence-corrected chi connectivity index (χ4v) is 2.05. The molecule has 1 unspecified atom stereocenters. The average Bonchev–Trinajstić information content (AvgIpc) is 2.71. The Hall–Kier alpha value is -0.890. The Labute approximate surface area is 90.3 Å². The maximum Gasteiger partial charge on any atom is 0.126 e. The molecule has 0 aromatic heterocycles. The van der Waals surface area contributed by atoms with E-state index in [-0.39, 0.29) is 17.8 Å². The van der Waals surface area contributed by atoms with Crippen molar-refractivity contribution in [2.75, 3.05) is 6.61 Å². The van der Waals surface area contributed by atoms with Gasteiger partial charge in [-0.1, -0.05) is 26.0 Å². The molecule has 0 aliphatic carbocycles. The molecule has 0 N–H and O–H groups in total. The van der Waals surface area contributed by atoms with Gasteiger partial charge in [-0.2, -0.15) is 0 Å². The minimum Gasteiger partial charge on any atom is -0.374 e. The number of halogens is 1. The first-order valence-corrected chi connectivity index (χ1v) is 5.59. The van der Waals surface area contributed by atoms with Crippen LogP contribution in [0.3, 0.4) is 0 Å². The number of benzene rings is 1. The molecule has 0 radical (unpaired) electrons. The Kier molecular flexibility index (Phi) is 3.06.